The Morgan fingerprint density at radius 1 is 1.05 bits per heavy atom. The molecule has 100 valence electrons. The second kappa shape index (κ2) is 6.48. The summed E-state index contributed by atoms with van der Waals surface area (Å²) in [4.78, 5) is 0. The van der Waals surface area contributed by atoms with Gasteiger partial charge in [-0.2, -0.15) is 0 Å². The Morgan fingerprint density at radius 2 is 1.79 bits per heavy atom. The van der Waals surface area contributed by atoms with Crippen LogP contribution in [0, 0.1) is 12.7 Å². The van der Waals surface area contributed by atoms with Gasteiger partial charge < -0.3 is 5.32 Å². The molecule has 1 nitrogen and oxygen atoms in total. The molecular formula is C17H20FN. The highest BCUT2D eigenvalue weighted by Crippen LogP contribution is 2.25. The maximum absolute atomic E-state index is 13.5. The molecule has 1 N–H and O–H groups in total. The van der Waals surface area contributed by atoms with Gasteiger partial charge in [0.2, 0.25) is 0 Å². The number of nitrogens with one attached hydrogen (secondary N) is 1. The Kier molecular flexibility index (Phi) is 4.69. The number of rotatable bonds is 5. The van der Waals surface area contributed by atoms with Gasteiger partial charge in [-0.15, -0.1) is 0 Å². The van der Waals surface area contributed by atoms with Gasteiger partial charge in [0, 0.05) is 6.54 Å². The SMILES string of the molecule is CCCNCc1ccc(F)cc1-c1ccc(C)cc1. The molecule has 0 aromatic heterocycles. The molecule has 2 aromatic carbocycles. The standard InChI is InChI=1S/C17H20FN/c1-3-10-19-12-15-8-9-16(18)11-17(15)14-6-4-13(2)5-7-14/h4-9,11,19H,3,10,12H2,1-2H3. The van der Waals surface area contributed by atoms with Crippen molar-refractivity contribution in [2.24, 2.45) is 0 Å². The molecule has 0 amide bonds. The maximum atomic E-state index is 13.5. The van der Waals surface area contributed by atoms with Gasteiger partial charge in [-0.25, -0.2) is 4.39 Å². The second-order valence-corrected chi connectivity index (χ2v) is 4.84. The van der Waals surface area contributed by atoms with E-state index in [1.165, 1.54) is 11.6 Å². The van der Waals surface area contributed by atoms with Crippen molar-refractivity contribution >= 4 is 0 Å². The highest BCUT2D eigenvalue weighted by molar-refractivity contribution is 5.67. The molecule has 0 atom stereocenters. The Hall–Kier alpha value is -1.67. The number of halogens is 1. The van der Waals surface area contributed by atoms with E-state index in [0.717, 1.165) is 36.2 Å². The first-order valence-electron chi connectivity index (χ1n) is 6.77. The fraction of sp³-hybridized carbons (Fsp3) is 0.294. The van der Waals surface area contributed by atoms with Gasteiger partial charge in [0.15, 0.2) is 0 Å². The first-order chi connectivity index (χ1) is 9.20. The minimum atomic E-state index is -0.185. The van der Waals surface area contributed by atoms with Crippen molar-refractivity contribution in [2.75, 3.05) is 6.54 Å². The summed E-state index contributed by atoms with van der Waals surface area (Å²) in [7, 11) is 0. The quantitative estimate of drug-likeness (QED) is 0.787. The lowest BCUT2D eigenvalue weighted by molar-refractivity contribution is 0.625. The molecule has 0 saturated heterocycles. The van der Waals surface area contributed by atoms with Crippen molar-refractivity contribution < 1.29 is 4.39 Å². The minimum Gasteiger partial charge on any atom is -0.313 e. The van der Waals surface area contributed by atoms with E-state index < -0.39 is 0 Å². The molecule has 0 unspecified atom stereocenters. The lowest BCUT2D eigenvalue weighted by atomic mass is 9.98. The molecule has 0 heterocycles. The van der Waals surface area contributed by atoms with Crippen LogP contribution in [0.5, 0.6) is 0 Å². The van der Waals surface area contributed by atoms with Gasteiger partial charge in [0.1, 0.15) is 5.82 Å². The number of benzene rings is 2. The van der Waals surface area contributed by atoms with E-state index in [4.69, 9.17) is 0 Å². The highest BCUT2D eigenvalue weighted by Gasteiger charge is 2.06. The highest BCUT2D eigenvalue weighted by atomic mass is 19.1. The topological polar surface area (TPSA) is 12.0 Å². The van der Waals surface area contributed by atoms with Gasteiger partial charge in [0.25, 0.3) is 0 Å². The van der Waals surface area contributed by atoms with Gasteiger partial charge in [-0.05, 0) is 48.7 Å². The average molecular weight is 257 g/mol. The molecule has 19 heavy (non-hydrogen) atoms. The average Bonchev–Trinajstić information content (AvgIpc) is 2.41. The van der Waals surface area contributed by atoms with Crippen LogP contribution in [0.2, 0.25) is 0 Å². The molecule has 0 aliphatic carbocycles. The van der Waals surface area contributed by atoms with Crippen molar-refractivity contribution in [1.29, 1.82) is 0 Å². The summed E-state index contributed by atoms with van der Waals surface area (Å²) in [6.45, 7) is 5.94. The van der Waals surface area contributed by atoms with Gasteiger partial charge in [0.05, 0.1) is 0 Å². The Balaban J connectivity index is 2.31. The minimum absolute atomic E-state index is 0.185. The third-order valence-corrected chi connectivity index (χ3v) is 3.18. The van der Waals surface area contributed by atoms with E-state index in [1.54, 1.807) is 6.07 Å². The van der Waals surface area contributed by atoms with Crippen molar-refractivity contribution in [1.82, 2.24) is 5.32 Å². The summed E-state index contributed by atoms with van der Waals surface area (Å²) in [6, 6.07) is 13.2. The van der Waals surface area contributed by atoms with Crippen molar-refractivity contribution in [2.45, 2.75) is 26.8 Å². The molecule has 0 aliphatic heterocycles. The summed E-state index contributed by atoms with van der Waals surface area (Å²) >= 11 is 0. The monoisotopic (exact) mass is 257 g/mol. The van der Waals surface area contributed by atoms with E-state index in [-0.39, 0.29) is 5.82 Å². The Bertz CT molecular complexity index is 531. The van der Waals surface area contributed by atoms with Crippen LogP contribution in [0.4, 0.5) is 4.39 Å². The fourth-order valence-corrected chi connectivity index (χ4v) is 2.10. The molecule has 0 spiro atoms. The normalized spacial score (nSPS) is 10.7. The molecule has 0 fully saturated rings. The van der Waals surface area contributed by atoms with Gasteiger partial charge in [-0.1, -0.05) is 42.8 Å². The third kappa shape index (κ3) is 3.65. The van der Waals surface area contributed by atoms with Crippen molar-refractivity contribution in [3.63, 3.8) is 0 Å². The summed E-state index contributed by atoms with van der Waals surface area (Å²) in [5.41, 5.74) is 4.39. The van der Waals surface area contributed by atoms with Crippen LogP contribution in [-0.2, 0) is 6.54 Å². The van der Waals surface area contributed by atoms with E-state index in [0.29, 0.717) is 0 Å². The lowest BCUT2D eigenvalue weighted by Crippen LogP contribution is -2.14. The first-order valence-corrected chi connectivity index (χ1v) is 6.77. The van der Waals surface area contributed by atoms with Crippen LogP contribution < -0.4 is 5.32 Å². The third-order valence-electron chi connectivity index (χ3n) is 3.18. The summed E-state index contributed by atoms with van der Waals surface area (Å²) in [6.07, 6.45) is 1.10. The maximum Gasteiger partial charge on any atom is 0.123 e. The summed E-state index contributed by atoms with van der Waals surface area (Å²) in [5, 5.41) is 3.37. The van der Waals surface area contributed by atoms with Crippen LogP contribution >= 0.6 is 0 Å². The zero-order valence-electron chi connectivity index (χ0n) is 11.5. The molecule has 0 aliphatic rings. The molecule has 0 radical (unpaired) electrons. The predicted octanol–water partition coefficient (Wildman–Crippen LogP) is 4.30. The van der Waals surface area contributed by atoms with E-state index in [2.05, 4.69) is 31.3 Å². The molecule has 0 saturated carbocycles. The summed E-state index contributed by atoms with van der Waals surface area (Å²) < 4.78 is 13.5. The van der Waals surface area contributed by atoms with Crippen LogP contribution in [0.3, 0.4) is 0 Å². The fourth-order valence-electron chi connectivity index (χ4n) is 2.10. The zero-order valence-corrected chi connectivity index (χ0v) is 11.5. The molecule has 2 rings (SSSR count). The van der Waals surface area contributed by atoms with E-state index in [9.17, 15) is 4.39 Å². The van der Waals surface area contributed by atoms with Crippen LogP contribution in [0.25, 0.3) is 11.1 Å². The van der Waals surface area contributed by atoms with Crippen LogP contribution in [0.15, 0.2) is 42.5 Å². The lowest BCUT2D eigenvalue weighted by Gasteiger charge is -2.11. The molecule has 0 bridgehead atoms. The number of hydrogen-bond donors (Lipinski definition) is 1. The largest absolute Gasteiger partial charge is 0.313 e. The van der Waals surface area contributed by atoms with E-state index in [1.807, 2.05) is 18.2 Å². The van der Waals surface area contributed by atoms with Crippen molar-refractivity contribution in [3.05, 3.63) is 59.4 Å². The summed E-state index contributed by atoms with van der Waals surface area (Å²) in [5.74, 6) is -0.185. The van der Waals surface area contributed by atoms with Crippen molar-refractivity contribution in [3.8, 4) is 11.1 Å². The number of hydrogen-bond acceptors (Lipinski definition) is 1. The van der Waals surface area contributed by atoms with Gasteiger partial charge in [-0.3, -0.25) is 0 Å². The van der Waals surface area contributed by atoms with Crippen LogP contribution in [-0.4, -0.2) is 6.54 Å². The molecular weight excluding hydrogens is 237 g/mol. The Labute approximate surface area is 114 Å². The Morgan fingerprint density at radius 3 is 2.47 bits per heavy atom. The van der Waals surface area contributed by atoms with E-state index >= 15 is 0 Å². The van der Waals surface area contributed by atoms with Crippen LogP contribution in [0.1, 0.15) is 24.5 Å². The molecule has 2 aromatic rings. The van der Waals surface area contributed by atoms with Gasteiger partial charge >= 0.3 is 0 Å². The predicted molar refractivity (Wildman–Crippen MR) is 78.6 cm³/mol. The first kappa shape index (κ1) is 13.8. The zero-order chi connectivity index (χ0) is 13.7. The smallest absolute Gasteiger partial charge is 0.123 e. The molecule has 2 heteroatoms. The number of aryl methyl sites for hydroxylation is 1. The second-order valence-electron chi connectivity index (χ2n) is 4.84.